The summed E-state index contributed by atoms with van der Waals surface area (Å²) in [5, 5.41) is 6.60. The number of halogens is 2. The zero-order chi connectivity index (χ0) is 21.4. The molecule has 1 aromatic rings. The van der Waals surface area contributed by atoms with Crippen LogP contribution in [0.3, 0.4) is 0 Å². The molecule has 8 heteroatoms. The molecule has 2 rings (SSSR count). The summed E-state index contributed by atoms with van der Waals surface area (Å²) in [6.07, 6.45) is 2.90. The highest BCUT2D eigenvalue weighted by atomic mass is 127. The van der Waals surface area contributed by atoms with Gasteiger partial charge in [-0.25, -0.2) is 4.39 Å². The van der Waals surface area contributed by atoms with Crippen LogP contribution < -0.4 is 10.6 Å². The molecule has 2 unspecified atom stereocenters. The molecule has 6 nitrogen and oxygen atoms in total. The highest BCUT2D eigenvalue weighted by Gasteiger charge is 2.30. The number of carbonyl (C=O) groups is 1. The Balaban J connectivity index is 0.00000450. The van der Waals surface area contributed by atoms with E-state index in [1.54, 1.807) is 24.0 Å². The van der Waals surface area contributed by atoms with Crippen molar-refractivity contribution in [2.45, 2.75) is 52.1 Å². The third-order valence-electron chi connectivity index (χ3n) is 5.36. The van der Waals surface area contributed by atoms with Crippen molar-refractivity contribution in [1.82, 2.24) is 20.4 Å². The number of likely N-dealkylation sites (N-methyl/N-ethyl adjacent to an activating group) is 1. The Labute approximate surface area is 197 Å². The number of aryl methyl sites for hydroxylation is 1. The number of benzene rings is 1. The molecule has 30 heavy (non-hydrogen) atoms. The van der Waals surface area contributed by atoms with Crippen molar-refractivity contribution in [2.75, 3.05) is 40.3 Å². The standard InChI is InChI=1S/C22H36FN5O.HI/c1-6-24-22(26-17(3)18-11-10-16(2)19(23)15-18)25-12-8-14-28-13-7-9-20(28)21(29)27(4)5;/h10-11,15,17,20H,6-9,12-14H2,1-5H3,(H2,24,25,26);1H. The summed E-state index contributed by atoms with van der Waals surface area (Å²) in [5.74, 6) is 0.731. The molecule has 1 saturated heterocycles. The van der Waals surface area contributed by atoms with Crippen LogP contribution in [-0.4, -0.2) is 68.0 Å². The first-order chi connectivity index (χ1) is 13.8. The van der Waals surface area contributed by atoms with Crippen molar-refractivity contribution in [1.29, 1.82) is 0 Å². The SMILES string of the molecule is CCNC(=NCCCN1CCCC1C(=O)N(C)C)NC(C)c1ccc(C)c(F)c1.I. The van der Waals surface area contributed by atoms with Gasteiger partial charge >= 0.3 is 0 Å². The lowest BCUT2D eigenvalue weighted by atomic mass is 10.1. The quantitative estimate of drug-likeness (QED) is 0.233. The van der Waals surface area contributed by atoms with Gasteiger partial charge in [0.25, 0.3) is 0 Å². The largest absolute Gasteiger partial charge is 0.357 e. The van der Waals surface area contributed by atoms with Gasteiger partial charge in [0.15, 0.2) is 5.96 Å². The number of rotatable bonds is 8. The van der Waals surface area contributed by atoms with Gasteiger partial charge in [0, 0.05) is 33.7 Å². The fourth-order valence-electron chi connectivity index (χ4n) is 3.62. The van der Waals surface area contributed by atoms with Gasteiger partial charge in [-0.1, -0.05) is 12.1 Å². The summed E-state index contributed by atoms with van der Waals surface area (Å²) in [6.45, 7) is 9.05. The van der Waals surface area contributed by atoms with E-state index in [2.05, 4.69) is 20.5 Å². The Morgan fingerprint density at radius 1 is 1.40 bits per heavy atom. The minimum Gasteiger partial charge on any atom is -0.357 e. The van der Waals surface area contributed by atoms with Gasteiger partial charge in [-0.3, -0.25) is 14.7 Å². The average Bonchev–Trinajstić information content (AvgIpc) is 3.15. The topological polar surface area (TPSA) is 60.0 Å². The molecular formula is C22H37FIN5O. The Morgan fingerprint density at radius 2 is 2.13 bits per heavy atom. The van der Waals surface area contributed by atoms with Crippen molar-refractivity contribution in [3.8, 4) is 0 Å². The Kier molecular flexibility index (Phi) is 11.6. The highest BCUT2D eigenvalue weighted by Crippen LogP contribution is 2.19. The maximum Gasteiger partial charge on any atom is 0.239 e. The molecule has 2 atom stereocenters. The van der Waals surface area contributed by atoms with E-state index in [-0.39, 0.29) is 47.8 Å². The molecule has 1 amide bonds. The minimum atomic E-state index is -0.189. The zero-order valence-electron chi connectivity index (χ0n) is 18.9. The Morgan fingerprint density at radius 3 is 2.77 bits per heavy atom. The van der Waals surface area contributed by atoms with E-state index in [4.69, 9.17) is 0 Å². The third-order valence-corrected chi connectivity index (χ3v) is 5.36. The maximum atomic E-state index is 13.9. The van der Waals surface area contributed by atoms with Crippen LogP contribution in [0.1, 0.15) is 50.3 Å². The van der Waals surface area contributed by atoms with Crippen molar-refractivity contribution in [3.63, 3.8) is 0 Å². The van der Waals surface area contributed by atoms with Crippen LogP contribution in [0.2, 0.25) is 0 Å². The molecule has 0 radical (unpaired) electrons. The molecule has 0 aromatic heterocycles. The first-order valence-electron chi connectivity index (χ1n) is 10.6. The van der Waals surface area contributed by atoms with Gasteiger partial charge in [-0.05, 0) is 63.8 Å². The normalized spacial score (nSPS) is 17.9. The second-order valence-corrected chi connectivity index (χ2v) is 7.92. The molecule has 0 bridgehead atoms. The van der Waals surface area contributed by atoms with Gasteiger partial charge < -0.3 is 15.5 Å². The number of carbonyl (C=O) groups excluding carboxylic acids is 1. The fraction of sp³-hybridized carbons (Fsp3) is 0.636. The van der Waals surface area contributed by atoms with Crippen LogP contribution in [0.15, 0.2) is 23.2 Å². The molecule has 0 saturated carbocycles. The monoisotopic (exact) mass is 533 g/mol. The van der Waals surface area contributed by atoms with Gasteiger partial charge in [-0.15, -0.1) is 24.0 Å². The summed E-state index contributed by atoms with van der Waals surface area (Å²) in [5.41, 5.74) is 1.54. The molecule has 0 aliphatic carbocycles. The number of nitrogens with zero attached hydrogens (tertiary/aromatic N) is 3. The van der Waals surface area contributed by atoms with Crippen molar-refractivity contribution < 1.29 is 9.18 Å². The first-order valence-corrected chi connectivity index (χ1v) is 10.6. The molecule has 1 aliphatic rings. The van der Waals surface area contributed by atoms with E-state index in [9.17, 15) is 9.18 Å². The average molecular weight is 533 g/mol. The second-order valence-electron chi connectivity index (χ2n) is 7.92. The van der Waals surface area contributed by atoms with Gasteiger partial charge in [0.2, 0.25) is 5.91 Å². The van der Waals surface area contributed by atoms with Crippen molar-refractivity contribution in [2.24, 2.45) is 4.99 Å². The van der Waals surface area contributed by atoms with Crippen LogP contribution in [0, 0.1) is 12.7 Å². The molecule has 0 spiro atoms. The van der Waals surface area contributed by atoms with E-state index < -0.39 is 0 Å². The van der Waals surface area contributed by atoms with Gasteiger partial charge in [-0.2, -0.15) is 0 Å². The predicted octanol–water partition coefficient (Wildman–Crippen LogP) is 3.31. The summed E-state index contributed by atoms with van der Waals surface area (Å²) in [7, 11) is 3.64. The van der Waals surface area contributed by atoms with E-state index in [0.717, 1.165) is 50.4 Å². The molecule has 2 N–H and O–H groups in total. The lowest BCUT2D eigenvalue weighted by molar-refractivity contribution is -0.133. The second kappa shape index (κ2) is 13.1. The molecule has 1 aromatic carbocycles. The van der Waals surface area contributed by atoms with E-state index in [1.165, 1.54) is 0 Å². The van der Waals surface area contributed by atoms with E-state index in [0.29, 0.717) is 12.1 Å². The number of amides is 1. The summed E-state index contributed by atoms with van der Waals surface area (Å²) < 4.78 is 13.9. The highest BCUT2D eigenvalue weighted by molar-refractivity contribution is 14.0. The predicted molar refractivity (Wildman–Crippen MR) is 132 cm³/mol. The lowest BCUT2D eigenvalue weighted by Crippen LogP contribution is -2.43. The van der Waals surface area contributed by atoms with Gasteiger partial charge in [0.05, 0.1) is 12.1 Å². The van der Waals surface area contributed by atoms with Crippen molar-refractivity contribution in [3.05, 3.63) is 35.1 Å². The number of likely N-dealkylation sites (tertiary alicyclic amines) is 1. The van der Waals surface area contributed by atoms with Crippen LogP contribution >= 0.6 is 24.0 Å². The van der Waals surface area contributed by atoms with Gasteiger partial charge in [0.1, 0.15) is 5.82 Å². The first kappa shape index (κ1) is 26.6. The number of aliphatic imine (C=N–C) groups is 1. The molecule has 1 aliphatic heterocycles. The number of nitrogens with one attached hydrogen (secondary N) is 2. The summed E-state index contributed by atoms with van der Waals surface area (Å²) in [4.78, 5) is 20.9. The summed E-state index contributed by atoms with van der Waals surface area (Å²) >= 11 is 0. The number of hydrogen-bond acceptors (Lipinski definition) is 3. The van der Waals surface area contributed by atoms with Crippen LogP contribution in [0.4, 0.5) is 4.39 Å². The van der Waals surface area contributed by atoms with Crippen LogP contribution in [-0.2, 0) is 4.79 Å². The van der Waals surface area contributed by atoms with Crippen LogP contribution in [0.5, 0.6) is 0 Å². The fourth-order valence-corrected chi connectivity index (χ4v) is 3.62. The lowest BCUT2D eigenvalue weighted by Gasteiger charge is -2.25. The summed E-state index contributed by atoms with van der Waals surface area (Å²) in [6, 6.07) is 5.27. The molecular weight excluding hydrogens is 496 g/mol. The zero-order valence-corrected chi connectivity index (χ0v) is 21.2. The van der Waals surface area contributed by atoms with E-state index in [1.807, 2.05) is 34.0 Å². The smallest absolute Gasteiger partial charge is 0.239 e. The van der Waals surface area contributed by atoms with E-state index >= 15 is 0 Å². The van der Waals surface area contributed by atoms with Crippen LogP contribution in [0.25, 0.3) is 0 Å². The van der Waals surface area contributed by atoms with Crippen molar-refractivity contribution >= 4 is 35.8 Å². The third kappa shape index (κ3) is 7.68. The maximum absolute atomic E-state index is 13.9. The Hall–Kier alpha value is -1.42. The molecule has 1 heterocycles. The molecule has 1 fully saturated rings. The Bertz CT molecular complexity index is 713. The minimum absolute atomic E-state index is 0. The number of hydrogen-bond donors (Lipinski definition) is 2. The number of guanidine groups is 1. The molecule has 170 valence electrons.